The van der Waals surface area contributed by atoms with Gasteiger partial charge in [-0.3, -0.25) is 0 Å². The van der Waals surface area contributed by atoms with Crippen molar-refractivity contribution in [1.29, 1.82) is 0 Å². The van der Waals surface area contributed by atoms with Crippen molar-refractivity contribution >= 4 is 22.0 Å². The van der Waals surface area contributed by atoms with Crippen molar-refractivity contribution in [3.8, 4) is 0 Å². The summed E-state index contributed by atoms with van der Waals surface area (Å²) in [4.78, 5) is 4.51. The summed E-state index contributed by atoms with van der Waals surface area (Å²) >= 11 is 3.46. The highest BCUT2D eigenvalue weighted by Crippen LogP contribution is 2.21. The molecule has 1 heterocycles. The molecular formula is C12H12BrN. The third kappa shape index (κ3) is 1.95. The van der Waals surface area contributed by atoms with E-state index in [2.05, 4.69) is 52.1 Å². The SMILES string of the molecule is Cc1cc2c(nc1Br)/C=C\C=C/CC2. The molecule has 1 aliphatic rings. The molecule has 2 rings (SSSR count). The van der Waals surface area contributed by atoms with Crippen LogP contribution in [-0.2, 0) is 6.42 Å². The molecule has 0 N–H and O–H groups in total. The Kier molecular flexibility index (Phi) is 2.82. The highest BCUT2D eigenvalue weighted by molar-refractivity contribution is 9.10. The molecule has 0 saturated heterocycles. The van der Waals surface area contributed by atoms with E-state index >= 15 is 0 Å². The second-order valence-electron chi connectivity index (χ2n) is 3.47. The summed E-state index contributed by atoms with van der Waals surface area (Å²) in [5.74, 6) is 0. The standard InChI is InChI=1S/C12H12BrN/c1-9-8-10-6-4-2-3-5-7-11(10)14-12(9)13/h2-3,5,7-8H,4,6H2,1H3/b3-2-,7-5-. The van der Waals surface area contributed by atoms with E-state index in [9.17, 15) is 0 Å². The third-order valence-corrected chi connectivity index (χ3v) is 3.15. The largest absolute Gasteiger partial charge is 0.241 e. The molecule has 0 saturated carbocycles. The van der Waals surface area contributed by atoms with Crippen LogP contribution in [0, 0.1) is 6.92 Å². The van der Waals surface area contributed by atoms with E-state index in [1.807, 2.05) is 6.08 Å². The van der Waals surface area contributed by atoms with Crippen LogP contribution in [0.25, 0.3) is 6.08 Å². The molecule has 14 heavy (non-hydrogen) atoms. The Hall–Kier alpha value is -0.890. The van der Waals surface area contributed by atoms with Crippen LogP contribution in [0.3, 0.4) is 0 Å². The summed E-state index contributed by atoms with van der Waals surface area (Å²) in [6.45, 7) is 2.08. The van der Waals surface area contributed by atoms with Crippen molar-refractivity contribution in [2.75, 3.05) is 0 Å². The maximum atomic E-state index is 4.51. The number of hydrogen-bond acceptors (Lipinski definition) is 1. The van der Waals surface area contributed by atoms with Crippen molar-refractivity contribution in [3.05, 3.63) is 45.7 Å². The van der Waals surface area contributed by atoms with Crippen molar-refractivity contribution < 1.29 is 0 Å². The topological polar surface area (TPSA) is 12.9 Å². The van der Waals surface area contributed by atoms with Crippen LogP contribution in [0.15, 0.2) is 28.9 Å². The number of pyridine rings is 1. The zero-order chi connectivity index (χ0) is 9.97. The highest BCUT2D eigenvalue weighted by atomic mass is 79.9. The van der Waals surface area contributed by atoms with Crippen LogP contribution in [0.2, 0.25) is 0 Å². The maximum absolute atomic E-state index is 4.51. The molecule has 0 spiro atoms. The molecule has 1 aromatic heterocycles. The Balaban J connectivity index is 2.51. The fraction of sp³-hybridized carbons (Fsp3) is 0.250. The van der Waals surface area contributed by atoms with E-state index in [1.54, 1.807) is 0 Å². The molecule has 0 atom stereocenters. The van der Waals surface area contributed by atoms with Gasteiger partial charge < -0.3 is 0 Å². The fourth-order valence-electron chi connectivity index (χ4n) is 1.57. The monoisotopic (exact) mass is 249 g/mol. The first-order chi connectivity index (χ1) is 6.77. The molecule has 0 fully saturated rings. The lowest BCUT2D eigenvalue weighted by atomic mass is 10.0. The predicted octanol–water partition coefficient (Wildman–Crippen LogP) is 3.67. The first-order valence-electron chi connectivity index (χ1n) is 4.76. The number of rotatable bonds is 0. The van der Waals surface area contributed by atoms with Gasteiger partial charge in [-0.25, -0.2) is 4.98 Å². The van der Waals surface area contributed by atoms with Crippen molar-refractivity contribution in [2.45, 2.75) is 19.8 Å². The maximum Gasteiger partial charge on any atom is 0.109 e. The van der Waals surface area contributed by atoms with Gasteiger partial charge in [0.2, 0.25) is 0 Å². The van der Waals surface area contributed by atoms with Crippen LogP contribution in [0.1, 0.15) is 23.2 Å². The minimum atomic E-state index is 0.949. The normalized spacial score (nSPS) is 19.3. The van der Waals surface area contributed by atoms with Crippen LogP contribution >= 0.6 is 15.9 Å². The Morgan fingerprint density at radius 2 is 2.21 bits per heavy atom. The van der Waals surface area contributed by atoms with Crippen molar-refractivity contribution in [1.82, 2.24) is 4.98 Å². The lowest BCUT2D eigenvalue weighted by Gasteiger charge is -2.08. The van der Waals surface area contributed by atoms with Gasteiger partial charge in [-0.1, -0.05) is 24.3 Å². The van der Waals surface area contributed by atoms with Gasteiger partial charge in [0.15, 0.2) is 0 Å². The van der Waals surface area contributed by atoms with Crippen LogP contribution < -0.4 is 0 Å². The molecule has 0 aromatic carbocycles. The molecule has 0 amide bonds. The summed E-state index contributed by atoms with van der Waals surface area (Å²) < 4.78 is 0.949. The Bertz CT molecular complexity index is 405. The lowest BCUT2D eigenvalue weighted by molar-refractivity contribution is 0.967. The van der Waals surface area contributed by atoms with Gasteiger partial charge in [-0.05, 0) is 52.9 Å². The van der Waals surface area contributed by atoms with E-state index in [0.717, 1.165) is 23.1 Å². The molecule has 0 aliphatic heterocycles. The minimum Gasteiger partial charge on any atom is -0.241 e. The highest BCUT2D eigenvalue weighted by Gasteiger charge is 2.05. The van der Waals surface area contributed by atoms with Gasteiger partial charge in [-0.15, -0.1) is 0 Å². The zero-order valence-corrected chi connectivity index (χ0v) is 9.71. The Labute approximate surface area is 92.7 Å². The number of fused-ring (bicyclic) bond motifs is 1. The Morgan fingerprint density at radius 3 is 3.07 bits per heavy atom. The number of allylic oxidation sites excluding steroid dienone is 3. The van der Waals surface area contributed by atoms with E-state index in [-0.39, 0.29) is 0 Å². The smallest absolute Gasteiger partial charge is 0.109 e. The molecule has 0 radical (unpaired) electrons. The quantitative estimate of drug-likeness (QED) is 0.640. The molecule has 1 nitrogen and oxygen atoms in total. The third-order valence-electron chi connectivity index (χ3n) is 2.35. The van der Waals surface area contributed by atoms with E-state index in [4.69, 9.17) is 0 Å². The van der Waals surface area contributed by atoms with Gasteiger partial charge in [0.05, 0.1) is 5.69 Å². The molecular weight excluding hydrogens is 238 g/mol. The number of aryl methyl sites for hydroxylation is 2. The summed E-state index contributed by atoms with van der Waals surface area (Å²) in [6, 6.07) is 2.22. The molecule has 0 bridgehead atoms. The van der Waals surface area contributed by atoms with Gasteiger partial charge in [0.25, 0.3) is 0 Å². The number of nitrogens with zero attached hydrogens (tertiary/aromatic N) is 1. The number of hydrogen-bond donors (Lipinski definition) is 0. The van der Waals surface area contributed by atoms with Gasteiger partial charge in [0, 0.05) is 0 Å². The van der Waals surface area contributed by atoms with Gasteiger partial charge in [0.1, 0.15) is 4.60 Å². The number of halogens is 1. The average Bonchev–Trinajstić information content (AvgIpc) is 2.13. The summed E-state index contributed by atoms with van der Waals surface area (Å²) in [5.41, 5.74) is 3.64. The second kappa shape index (κ2) is 4.09. The van der Waals surface area contributed by atoms with Crippen LogP contribution in [0.4, 0.5) is 0 Å². The predicted molar refractivity (Wildman–Crippen MR) is 63.2 cm³/mol. The Morgan fingerprint density at radius 1 is 1.36 bits per heavy atom. The van der Waals surface area contributed by atoms with Crippen LogP contribution in [-0.4, -0.2) is 4.98 Å². The summed E-state index contributed by atoms with van der Waals surface area (Å²) in [5, 5.41) is 0. The van der Waals surface area contributed by atoms with E-state index < -0.39 is 0 Å². The number of aromatic nitrogens is 1. The van der Waals surface area contributed by atoms with Crippen molar-refractivity contribution in [3.63, 3.8) is 0 Å². The van der Waals surface area contributed by atoms with E-state index in [1.165, 1.54) is 11.1 Å². The van der Waals surface area contributed by atoms with Gasteiger partial charge >= 0.3 is 0 Å². The fourth-order valence-corrected chi connectivity index (χ4v) is 1.87. The molecule has 1 aliphatic carbocycles. The van der Waals surface area contributed by atoms with E-state index in [0.29, 0.717) is 0 Å². The zero-order valence-electron chi connectivity index (χ0n) is 8.13. The molecule has 0 unspecified atom stereocenters. The molecule has 72 valence electrons. The average molecular weight is 250 g/mol. The van der Waals surface area contributed by atoms with Crippen molar-refractivity contribution in [2.24, 2.45) is 0 Å². The van der Waals surface area contributed by atoms with Gasteiger partial charge in [-0.2, -0.15) is 0 Å². The van der Waals surface area contributed by atoms with Crippen LogP contribution in [0.5, 0.6) is 0 Å². The molecule has 2 heteroatoms. The second-order valence-corrected chi connectivity index (χ2v) is 4.22. The first-order valence-corrected chi connectivity index (χ1v) is 5.56. The first kappa shape index (κ1) is 9.66. The summed E-state index contributed by atoms with van der Waals surface area (Å²) in [6.07, 6.45) is 10.6. The minimum absolute atomic E-state index is 0.949. The summed E-state index contributed by atoms with van der Waals surface area (Å²) in [7, 11) is 0. The molecule has 1 aromatic rings. The lowest BCUT2D eigenvalue weighted by Crippen LogP contribution is -1.96.